The Morgan fingerprint density at radius 1 is 1.42 bits per heavy atom. The molecular formula is C14H18N2O3. The SMILES string of the molecule is CCCn1ncc(OC)c1C(=O)c1ccc(CC)o1. The van der Waals surface area contributed by atoms with Crippen LogP contribution in [0, 0.1) is 0 Å². The third kappa shape index (κ3) is 2.54. The summed E-state index contributed by atoms with van der Waals surface area (Å²) in [7, 11) is 1.53. The molecule has 2 rings (SSSR count). The molecule has 0 saturated carbocycles. The average Bonchev–Trinajstić information content (AvgIpc) is 3.04. The molecule has 2 heterocycles. The summed E-state index contributed by atoms with van der Waals surface area (Å²) in [6.45, 7) is 4.69. The quantitative estimate of drug-likeness (QED) is 0.751. The molecule has 0 aliphatic carbocycles. The van der Waals surface area contributed by atoms with Crippen LogP contribution in [0.3, 0.4) is 0 Å². The largest absolute Gasteiger partial charge is 0.493 e. The van der Waals surface area contributed by atoms with Crippen molar-refractivity contribution in [1.29, 1.82) is 0 Å². The Morgan fingerprint density at radius 2 is 2.21 bits per heavy atom. The molecule has 2 aromatic rings. The third-order valence-corrected chi connectivity index (χ3v) is 2.91. The van der Waals surface area contributed by atoms with E-state index in [2.05, 4.69) is 5.10 Å². The second-order valence-electron chi connectivity index (χ2n) is 4.23. The highest BCUT2D eigenvalue weighted by Gasteiger charge is 2.23. The van der Waals surface area contributed by atoms with Crippen LogP contribution < -0.4 is 4.74 Å². The van der Waals surface area contributed by atoms with Crippen LogP contribution in [0.5, 0.6) is 5.75 Å². The van der Waals surface area contributed by atoms with Gasteiger partial charge in [-0.15, -0.1) is 0 Å². The molecule has 0 fully saturated rings. The smallest absolute Gasteiger partial charge is 0.249 e. The van der Waals surface area contributed by atoms with E-state index in [9.17, 15) is 4.79 Å². The van der Waals surface area contributed by atoms with Gasteiger partial charge in [0.15, 0.2) is 17.2 Å². The Balaban J connectivity index is 2.38. The first-order valence-electron chi connectivity index (χ1n) is 6.44. The maximum absolute atomic E-state index is 12.5. The molecule has 5 nitrogen and oxygen atoms in total. The Morgan fingerprint density at radius 3 is 2.79 bits per heavy atom. The molecule has 0 amide bonds. The Labute approximate surface area is 112 Å². The number of nitrogens with zero attached hydrogens (tertiary/aromatic N) is 2. The van der Waals surface area contributed by atoms with Crippen LogP contribution in [0.15, 0.2) is 22.7 Å². The topological polar surface area (TPSA) is 57.3 Å². The number of hydrogen-bond donors (Lipinski definition) is 0. The molecular weight excluding hydrogens is 244 g/mol. The fourth-order valence-electron chi connectivity index (χ4n) is 1.93. The first-order chi connectivity index (χ1) is 9.21. The zero-order valence-electron chi connectivity index (χ0n) is 11.5. The summed E-state index contributed by atoms with van der Waals surface area (Å²) < 4.78 is 12.4. The minimum atomic E-state index is -0.192. The van der Waals surface area contributed by atoms with Crippen LogP contribution in [0.2, 0.25) is 0 Å². The van der Waals surface area contributed by atoms with Gasteiger partial charge >= 0.3 is 0 Å². The minimum absolute atomic E-state index is 0.192. The fourth-order valence-corrected chi connectivity index (χ4v) is 1.93. The predicted molar refractivity (Wildman–Crippen MR) is 70.6 cm³/mol. The third-order valence-electron chi connectivity index (χ3n) is 2.91. The fraction of sp³-hybridized carbons (Fsp3) is 0.429. The summed E-state index contributed by atoms with van der Waals surface area (Å²) >= 11 is 0. The van der Waals surface area contributed by atoms with E-state index >= 15 is 0 Å². The minimum Gasteiger partial charge on any atom is -0.493 e. The van der Waals surface area contributed by atoms with Gasteiger partial charge in [-0.1, -0.05) is 13.8 Å². The molecule has 5 heteroatoms. The van der Waals surface area contributed by atoms with E-state index in [1.807, 2.05) is 19.9 Å². The zero-order valence-corrected chi connectivity index (χ0v) is 11.5. The molecule has 0 spiro atoms. The van der Waals surface area contributed by atoms with Crippen molar-refractivity contribution in [2.45, 2.75) is 33.2 Å². The number of methoxy groups -OCH3 is 1. The van der Waals surface area contributed by atoms with Gasteiger partial charge in [-0.05, 0) is 18.6 Å². The van der Waals surface area contributed by atoms with Crippen molar-refractivity contribution in [3.63, 3.8) is 0 Å². The number of ether oxygens (including phenoxy) is 1. The highest BCUT2D eigenvalue weighted by molar-refractivity contribution is 6.07. The van der Waals surface area contributed by atoms with E-state index in [-0.39, 0.29) is 5.78 Å². The van der Waals surface area contributed by atoms with Gasteiger partial charge in [-0.3, -0.25) is 9.48 Å². The molecule has 0 saturated heterocycles. The lowest BCUT2D eigenvalue weighted by Crippen LogP contribution is -2.12. The first kappa shape index (κ1) is 13.4. The molecule has 0 aromatic carbocycles. The van der Waals surface area contributed by atoms with Crippen molar-refractivity contribution in [1.82, 2.24) is 9.78 Å². The number of hydrogen-bond acceptors (Lipinski definition) is 4. The van der Waals surface area contributed by atoms with Crippen LogP contribution in [-0.4, -0.2) is 22.7 Å². The summed E-state index contributed by atoms with van der Waals surface area (Å²) in [6, 6.07) is 3.52. The molecule has 19 heavy (non-hydrogen) atoms. The van der Waals surface area contributed by atoms with E-state index in [1.54, 1.807) is 16.9 Å². The molecule has 0 N–H and O–H groups in total. The van der Waals surface area contributed by atoms with Gasteiger partial charge < -0.3 is 9.15 Å². The number of carbonyl (C=O) groups excluding carboxylic acids is 1. The predicted octanol–water partition coefficient (Wildman–Crippen LogP) is 2.69. The van der Waals surface area contributed by atoms with Crippen LogP contribution in [0.25, 0.3) is 0 Å². The van der Waals surface area contributed by atoms with Gasteiger partial charge in [0.2, 0.25) is 5.78 Å². The van der Waals surface area contributed by atoms with Gasteiger partial charge in [-0.25, -0.2) is 0 Å². The van der Waals surface area contributed by atoms with Crippen LogP contribution in [0.1, 0.15) is 42.3 Å². The van der Waals surface area contributed by atoms with Crippen LogP contribution in [0.4, 0.5) is 0 Å². The number of aromatic nitrogens is 2. The van der Waals surface area contributed by atoms with E-state index in [0.717, 1.165) is 18.6 Å². The van der Waals surface area contributed by atoms with Gasteiger partial charge in [0.05, 0.1) is 13.3 Å². The van der Waals surface area contributed by atoms with E-state index in [0.29, 0.717) is 23.7 Å². The molecule has 102 valence electrons. The molecule has 0 unspecified atom stereocenters. The van der Waals surface area contributed by atoms with Crippen LogP contribution in [-0.2, 0) is 13.0 Å². The summed E-state index contributed by atoms with van der Waals surface area (Å²) in [5.41, 5.74) is 0.446. The lowest BCUT2D eigenvalue weighted by atomic mass is 10.2. The number of aryl methyl sites for hydroxylation is 2. The van der Waals surface area contributed by atoms with E-state index in [1.165, 1.54) is 7.11 Å². The van der Waals surface area contributed by atoms with Crippen molar-refractivity contribution in [3.05, 3.63) is 35.5 Å². The van der Waals surface area contributed by atoms with Gasteiger partial charge in [0.25, 0.3) is 0 Å². The molecule has 0 aliphatic rings. The standard InChI is InChI=1S/C14H18N2O3/c1-4-8-16-13(12(18-3)9-15-16)14(17)11-7-6-10(5-2)19-11/h6-7,9H,4-5,8H2,1-3H3. The molecule has 0 aliphatic heterocycles. The van der Waals surface area contributed by atoms with E-state index < -0.39 is 0 Å². The summed E-state index contributed by atoms with van der Waals surface area (Å²) in [6.07, 6.45) is 3.22. The molecule has 2 aromatic heterocycles. The summed E-state index contributed by atoms with van der Waals surface area (Å²) in [4.78, 5) is 12.5. The lowest BCUT2D eigenvalue weighted by Gasteiger charge is -2.05. The Hall–Kier alpha value is -2.04. The number of furan rings is 1. The second-order valence-corrected chi connectivity index (χ2v) is 4.23. The maximum Gasteiger partial charge on any atom is 0.249 e. The van der Waals surface area contributed by atoms with Crippen LogP contribution >= 0.6 is 0 Å². The maximum atomic E-state index is 12.5. The Kier molecular flexibility index (Phi) is 4.04. The Bertz CT molecular complexity index is 569. The van der Waals surface area contributed by atoms with E-state index in [4.69, 9.17) is 9.15 Å². The van der Waals surface area contributed by atoms with Crippen molar-refractivity contribution in [2.75, 3.05) is 7.11 Å². The summed E-state index contributed by atoms with van der Waals surface area (Å²) in [5.74, 6) is 1.41. The lowest BCUT2D eigenvalue weighted by molar-refractivity contribution is 0.0994. The van der Waals surface area contributed by atoms with Gasteiger partial charge in [-0.2, -0.15) is 5.10 Å². The zero-order chi connectivity index (χ0) is 13.8. The molecule has 0 bridgehead atoms. The average molecular weight is 262 g/mol. The van der Waals surface area contributed by atoms with Gasteiger partial charge in [0.1, 0.15) is 5.76 Å². The number of ketones is 1. The highest BCUT2D eigenvalue weighted by Crippen LogP contribution is 2.22. The van der Waals surface area contributed by atoms with Crippen molar-refractivity contribution >= 4 is 5.78 Å². The first-order valence-corrected chi connectivity index (χ1v) is 6.44. The highest BCUT2D eigenvalue weighted by atomic mass is 16.5. The number of rotatable bonds is 6. The van der Waals surface area contributed by atoms with Crippen molar-refractivity contribution < 1.29 is 13.9 Å². The monoisotopic (exact) mass is 262 g/mol. The van der Waals surface area contributed by atoms with Gasteiger partial charge in [0, 0.05) is 13.0 Å². The van der Waals surface area contributed by atoms with Crippen molar-refractivity contribution in [3.8, 4) is 5.75 Å². The summed E-state index contributed by atoms with van der Waals surface area (Å²) in [5, 5.41) is 4.18. The normalized spacial score (nSPS) is 10.7. The molecule has 0 radical (unpaired) electrons. The molecule has 0 atom stereocenters. The number of carbonyl (C=O) groups is 1. The van der Waals surface area contributed by atoms with Crippen molar-refractivity contribution in [2.24, 2.45) is 0 Å². The second kappa shape index (κ2) is 5.73.